The molecule has 0 bridgehead atoms. The minimum absolute atomic E-state index is 0.0264. The predicted octanol–water partition coefficient (Wildman–Crippen LogP) is 4.36. The van der Waals surface area contributed by atoms with Crippen molar-refractivity contribution in [3.05, 3.63) is 45.5 Å². The molecule has 1 aromatic heterocycles. The smallest absolute Gasteiger partial charge is 0.228 e. The fourth-order valence-corrected chi connectivity index (χ4v) is 2.56. The van der Waals surface area contributed by atoms with Crippen molar-refractivity contribution >= 4 is 29.2 Å². The van der Waals surface area contributed by atoms with E-state index >= 15 is 0 Å². The van der Waals surface area contributed by atoms with Crippen LogP contribution in [0.25, 0.3) is 0 Å². The number of aliphatic imine (C=N–C) groups is 1. The Labute approximate surface area is 164 Å². The summed E-state index contributed by atoms with van der Waals surface area (Å²) in [6, 6.07) is 5.63. The van der Waals surface area contributed by atoms with E-state index in [1.54, 1.807) is 6.07 Å². The summed E-state index contributed by atoms with van der Waals surface area (Å²) in [5, 5.41) is 11.6. The molecule has 2 aromatic rings. The molecule has 0 spiro atoms. The molecule has 0 fully saturated rings. The minimum Gasteiger partial charge on any atom is -0.357 e. The molecule has 0 radical (unpaired) electrons. The largest absolute Gasteiger partial charge is 0.357 e. The van der Waals surface area contributed by atoms with Gasteiger partial charge in [0.05, 0.1) is 22.6 Å². The van der Waals surface area contributed by atoms with E-state index in [0.29, 0.717) is 28.9 Å². The molecule has 0 aliphatic carbocycles. The van der Waals surface area contributed by atoms with E-state index in [4.69, 9.17) is 27.7 Å². The molecular weight excluding hydrogens is 373 g/mol. The first-order valence-electron chi connectivity index (χ1n) is 8.73. The second-order valence-corrected chi connectivity index (χ2v) is 7.07. The van der Waals surface area contributed by atoms with Crippen LogP contribution in [0.15, 0.2) is 27.7 Å². The summed E-state index contributed by atoms with van der Waals surface area (Å²) in [5.74, 6) is 2.30. The normalized spacial score (nSPS) is 13.1. The van der Waals surface area contributed by atoms with Gasteiger partial charge in [-0.15, -0.1) is 0 Å². The van der Waals surface area contributed by atoms with Gasteiger partial charge in [0.15, 0.2) is 11.8 Å². The second kappa shape index (κ2) is 9.78. The van der Waals surface area contributed by atoms with Gasteiger partial charge >= 0.3 is 0 Å². The monoisotopic (exact) mass is 397 g/mol. The van der Waals surface area contributed by atoms with E-state index in [0.717, 1.165) is 23.9 Å². The molecule has 1 unspecified atom stereocenters. The molecule has 2 N–H and O–H groups in total. The molecule has 2 rings (SSSR count). The van der Waals surface area contributed by atoms with Crippen molar-refractivity contribution in [2.24, 2.45) is 4.99 Å². The summed E-state index contributed by atoms with van der Waals surface area (Å²) in [6.45, 7) is 9.43. The first-order chi connectivity index (χ1) is 12.4. The lowest BCUT2D eigenvalue weighted by Gasteiger charge is -2.18. The molecule has 0 saturated heterocycles. The summed E-state index contributed by atoms with van der Waals surface area (Å²) < 4.78 is 5.24. The zero-order valence-corrected chi connectivity index (χ0v) is 17.0. The van der Waals surface area contributed by atoms with Crippen molar-refractivity contribution in [1.82, 2.24) is 20.8 Å². The van der Waals surface area contributed by atoms with Crippen molar-refractivity contribution in [1.29, 1.82) is 0 Å². The number of hydrogen-bond donors (Lipinski definition) is 2. The van der Waals surface area contributed by atoms with Crippen LogP contribution in [0.4, 0.5) is 0 Å². The summed E-state index contributed by atoms with van der Waals surface area (Å²) in [6.07, 6.45) is 0.595. The maximum atomic E-state index is 6.10. The lowest BCUT2D eigenvalue weighted by Crippen LogP contribution is -2.38. The molecule has 0 amide bonds. The number of nitrogens with zero attached hydrogens (tertiary/aromatic N) is 3. The SMILES string of the molecule is CCNC(=NCCc1nc(C(C)C)no1)NC(C)c1ccc(Cl)c(Cl)c1. The highest BCUT2D eigenvalue weighted by Gasteiger charge is 2.11. The van der Waals surface area contributed by atoms with Gasteiger partial charge in [-0.1, -0.05) is 48.3 Å². The van der Waals surface area contributed by atoms with Crippen molar-refractivity contribution < 1.29 is 4.52 Å². The molecule has 1 heterocycles. The van der Waals surface area contributed by atoms with E-state index in [9.17, 15) is 0 Å². The maximum Gasteiger partial charge on any atom is 0.228 e. The first-order valence-corrected chi connectivity index (χ1v) is 9.48. The average Bonchev–Trinajstić information content (AvgIpc) is 3.06. The Morgan fingerprint density at radius 3 is 2.62 bits per heavy atom. The molecular formula is C18H25Cl2N5O. The van der Waals surface area contributed by atoms with Crippen molar-refractivity contribution in [3.63, 3.8) is 0 Å². The van der Waals surface area contributed by atoms with Gasteiger partial charge in [-0.05, 0) is 31.5 Å². The van der Waals surface area contributed by atoms with Gasteiger partial charge < -0.3 is 15.2 Å². The number of halogens is 2. The van der Waals surface area contributed by atoms with Gasteiger partial charge in [0, 0.05) is 18.9 Å². The minimum atomic E-state index is 0.0264. The maximum absolute atomic E-state index is 6.10. The Hall–Kier alpha value is -1.79. The number of hydrogen-bond acceptors (Lipinski definition) is 4. The van der Waals surface area contributed by atoms with E-state index in [2.05, 4.69) is 25.8 Å². The van der Waals surface area contributed by atoms with Gasteiger partial charge in [-0.3, -0.25) is 4.99 Å². The van der Waals surface area contributed by atoms with Crippen molar-refractivity contribution in [2.75, 3.05) is 13.1 Å². The third-order valence-electron chi connectivity index (χ3n) is 3.74. The van der Waals surface area contributed by atoms with Gasteiger partial charge in [0.2, 0.25) is 5.89 Å². The lowest BCUT2D eigenvalue weighted by molar-refractivity contribution is 0.372. The molecule has 0 saturated carbocycles. The highest BCUT2D eigenvalue weighted by Crippen LogP contribution is 2.25. The van der Waals surface area contributed by atoms with Crippen LogP contribution < -0.4 is 10.6 Å². The molecule has 1 atom stereocenters. The van der Waals surface area contributed by atoms with Crippen LogP contribution in [0.2, 0.25) is 10.0 Å². The standard InChI is InChI=1S/C18H25Cl2N5O/c1-5-21-18(22-9-8-16-24-17(11(2)3)25-26-16)23-12(4)13-6-7-14(19)15(20)10-13/h6-7,10-12H,5,8-9H2,1-4H3,(H2,21,22,23). The highest BCUT2D eigenvalue weighted by atomic mass is 35.5. The molecule has 142 valence electrons. The number of rotatable bonds is 7. The molecule has 8 heteroatoms. The Morgan fingerprint density at radius 2 is 2.00 bits per heavy atom. The number of aromatic nitrogens is 2. The van der Waals surface area contributed by atoms with Crippen LogP contribution >= 0.6 is 23.2 Å². The van der Waals surface area contributed by atoms with Crippen LogP contribution in [-0.2, 0) is 6.42 Å². The fraction of sp³-hybridized carbons (Fsp3) is 0.500. The third kappa shape index (κ3) is 5.88. The van der Waals surface area contributed by atoms with Crippen LogP contribution in [-0.4, -0.2) is 29.2 Å². The number of nitrogens with one attached hydrogen (secondary N) is 2. The number of benzene rings is 1. The van der Waals surface area contributed by atoms with E-state index < -0.39 is 0 Å². The lowest BCUT2D eigenvalue weighted by atomic mass is 10.1. The molecule has 0 aliphatic heterocycles. The summed E-state index contributed by atoms with van der Waals surface area (Å²) in [7, 11) is 0. The quantitative estimate of drug-likeness (QED) is 0.536. The Bertz CT molecular complexity index is 745. The van der Waals surface area contributed by atoms with Crippen molar-refractivity contribution in [2.45, 2.75) is 46.1 Å². The van der Waals surface area contributed by atoms with Gasteiger partial charge in [0.1, 0.15) is 0 Å². The van der Waals surface area contributed by atoms with Crippen LogP contribution in [0.3, 0.4) is 0 Å². The number of guanidine groups is 1. The van der Waals surface area contributed by atoms with Crippen LogP contribution in [0.5, 0.6) is 0 Å². The van der Waals surface area contributed by atoms with E-state index in [1.165, 1.54) is 0 Å². The van der Waals surface area contributed by atoms with Gasteiger partial charge in [0.25, 0.3) is 0 Å². The van der Waals surface area contributed by atoms with E-state index in [-0.39, 0.29) is 12.0 Å². The van der Waals surface area contributed by atoms with Crippen molar-refractivity contribution in [3.8, 4) is 0 Å². The van der Waals surface area contributed by atoms with Crippen LogP contribution in [0.1, 0.15) is 56.9 Å². The summed E-state index contributed by atoms with van der Waals surface area (Å²) in [5.41, 5.74) is 1.03. The highest BCUT2D eigenvalue weighted by molar-refractivity contribution is 6.42. The van der Waals surface area contributed by atoms with E-state index in [1.807, 2.05) is 39.8 Å². The average molecular weight is 398 g/mol. The summed E-state index contributed by atoms with van der Waals surface area (Å²) >= 11 is 12.1. The second-order valence-electron chi connectivity index (χ2n) is 6.25. The molecule has 1 aromatic carbocycles. The molecule has 0 aliphatic rings. The summed E-state index contributed by atoms with van der Waals surface area (Å²) in [4.78, 5) is 8.94. The van der Waals surface area contributed by atoms with Gasteiger partial charge in [-0.2, -0.15) is 4.98 Å². The Balaban J connectivity index is 1.97. The Morgan fingerprint density at radius 1 is 1.23 bits per heavy atom. The first kappa shape index (κ1) is 20.5. The topological polar surface area (TPSA) is 75.3 Å². The Kier molecular flexibility index (Phi) is 7.72. The fourth-order valence-electron chi connectivity index (χ4n) is 2.26. The molecule has 6 nitrogen and oxygen atoms in total. The predicted molar refractivity (Wildman–Crippen MR) is 106 cm³/mol. The zero-order valence-electron chi connectivity index (χ0n) is 15.5. The molecule has 26 heavy (non-hydrogen) atoms. The zero-order chi connectivity index (χ0) is 19.1. The third-order valence-corrected chi connectivity index (χ3v) is 4.48. The van der Waals surface area contributed by atoms with Gasteiger partial charge in [-0.25, -0.2) is 0 Å². The van der Waals surface area contributed by atoms with Crippen LogP contribution in [0, 0.1) is 0 Å².